The molecule has 1 aliphatic heterocycles. The first-order valence-corrected chi connectivity index (χ1v) is 12.0. The number of H-pyrrole nitrogens is 1. The van der Waals surface area contributed by atoms with Crippen LogP contribution in [0.15, 0.2) is 12.5 Å². The predicted octanol–water partition coefficient (Wildman–Crippen LogP) is -2.28. The molecule has 0 bridgehead atoms. The Morgan fingerprint density at radius 1 is 1.17 bits per heavy atom. The van der Waals surface area contributed by atoms with Crippen molar-refractivity contribution in [2.75, 3.05) is 13.1 Å². The van der Waals surface area contributed by atoms with E-state index in [0.29, 0.717) is 44.5 Å². The van der Waals surface area contributed by atoms with Gasteiger partial charge in [-0.25, -0.2) is 9.78 Å². The fraction of sp³-hybridized carbons (Fsp3) is 0.636. The molecule has 10 N–H and O–H groups in total. The minimum absolute atomic E-state index is 0.0650. The number of nitrogens with zero attached hydrogens (tertiary/aromatic N) is 2. The summed E-state index contributed by atoms with van der Waals surface area (Å²) in [7, 11) is 0. The quantitative estimate of drug-likeness (QED) is 0.126. The molecular formula is C22H36N8O6. The molecule has 4 amide bonds. The number of amides is 4. The van der Waals surface area contributed by atoms with Gasteiger partial charge < -0.3 is 42.8 Å². The first kappa shape index (κ1) is 28.7. The lowest BCUT2D eigenvalue weighted by Gasteiger charge is -2.28. The Morgan fingerprint density at radius 3 is 2.53 bits per heavy atom. The van der Waals surface area contributed by atoms with Crippen LogP contribution in [0.5, 0.6) is 0 Å². The number of nitrogens with one attached hydrogen (secondary N) is 3. The fourth-order valence-electron chi connectivity index (χ4n) is 4.06. The number of aliphatic carboxylic acids is 1. The van der Waals surface area contributed by atoms with E-state index in [2.05, 4.69) is 20.6 Å². The third-order valence-corrected chi connectivity index (χ3v) is 6.03. The highest BCUT2D eigenvalue weighted by molar-refractivity contribution is 5.94. The monoisotopic (exact) mass is 508 g/mol. The fourth-order valence-corrected chi connectivity index (χ4v) is 4.06. The van der Waals surface area contributed by atoms with Crippen molar-refractivity contribution in [2.24, 2.45) is 17.2 Å². The van der Waals surface area contributed by atoms with E-state index in [0.717, 1.165) is 6.42 Å². The van der Waals surface area contributed by atoms with Crippen LogP contribution in [0, 0.1) is 0 Å². The maximum Gasteiger partial charge on any atom is 0.326 e. The van der Waals surface area contributed by atoms with Gasteiger partial charge in [-0.1, -0.05) is 6.42 Å². The molecule has 0 aromatic carbocycles. The zero-order valence-electron chi connectivity index (χ0n) is 20.2. The summed E-state index contributed by atoms with van der Waals surface area (Å²) in [5.74, 6) is -3.69. The lowest BCUT2D eigenvalue weighted by atomic mass is 10.1. The zero-order chi connectivity index (χ0) is 26.7. The molecule has 2 heterocycles. The van der Waals surface area contributed by atoms with Gasteiger partial charge in [0.1, 0.15) is 18.1 Å². The molecule has 200 valence electrons. The van der Waals surface area contributed by atoms with Gasteiger partial charge in [0.15, 0.2) is 0 Å². The maximum absolute atomic E-state index is 13.1. The molecule has 0 aliphatic carbocycles. The minimum Gasteiger partial charge on any atom is -0.480 e. The van der Waals surface area contributed by atoms with Gasteiger partial charge in [-0.3, -0.25) is 19.2 Å². The summed E-state index contributed by atoms with van der Waals surface area (Å²) in [5.41, 5.74) is 17.2. The van der Waals surface area contributed by atoms with Crippen molar-refractivity contribution >= 4 is 29.6 Å². The normalized spacial score (nSPS) is 17.7. The molecule has 1 fully saturated rings. The largest absolute Gasteiger partial charge is 0.480 e. The minimum atomic E-state index is -1.30. The predicted molar refractivity (Wildman–Crippen MR) is 128 cm³/mol. The number of carbonyl (C=O) groups excluding carboxylic acids is 4. The summed E-state index contributed by atoms with van der Waals surface area (Å²) in [6.07, 6.45) is 5.23. The number of unbranched alkanes of at least 4 members (excludes halogenated alkanes) is 1. The Hall–Kier alpha value is -3.52. The number of imidazole rings is 1. The van der Waals surface area contributed by atoms with Crippen LogP contribution in [0.2, 0.25) is 0 Å². The van der Waals surface area contributed by atoms with Crippen LogP contribution in [-0.2, 0) is 30.4 Å². The van der Waals surface area contributed by atoms with E-state index in [1.807, 2.05) is 0 Å². The van der Waals surface area contributed by atoms with Crippen molar-refractivity contribution in [1.29, 1.82) is 0 Å². The van der Waals surface area contributed by atoms with Gasteiger partial charge in [0.2, 0.25) is 23.6 Å². The number of likely N-dealkylation sites (tertiary alicyclic amines) is 1. The Kier molecular flexibility index (Phi) is 11.3. The first-order chi connectivity index (χ1) is 17.1. The number of primary amides is 1. The van der Waals surface area contributed by atoms with Crippen LogP contribution in [0.3, 0.4) is 0 Å². The summed E-state index contributed by atoms with van der Waals surface area (Å²) >= 11 is 0. The molecule has 14 nitrogen and oxygen atoms in total. The average molecular weight is 509 g/mol. The Labute approximate surface area is 208 Å². The lowest BCUT2D eigenvalue weighted by molar-refractivity contribution is -0.143. The molecule has 4 unspecified atom stereocenters. The molecule has 1 saturated heterocycles. The number of hydrogen-bond donors (Lipinski definition) is 7. The smallest absolute Gasteiger partial charge is 0.326 e. The van der Waals surface area contributed by atoms with E-state index in [1.54, 1.807) is 0 Å². The number of carboxylic acids is 1. The number of nitrogens with two attached hydrogens (primary N) is 3. The molecule has 14 heteroatoms. The second-order valence-electron chi connectivity index (χ2n) is 8.83. The molecule has 36 heavy (non-hydrogen) atoms. The highest BCUT2D eigenvalue weighted by Crippen LogP contribution is 2.20. The van der Waals surface area contributed by atoms with Gasteiger partial charge in [-0.05, 0) is 38.6 Å². The third kappa shape index (κ3) is 8.61. The molecule has 2 rings (SSSR count). The number of carbonyl (C=O) groups is 5. The van der Waals surface area contributed by atoms with Gasteiger partial charge in [-0.2, -0.15) is 0 Å². The molecule has 0 radical (unpaired) electrons. The van der Waals surface area contributed by atoms with E-state index in [4.69, 9.17) is 17.2 Å². The summed E-state index contributed by atoms with van der Waals surface area (Å²) in [4.78, 5) is 69.9. The van der Waals surface area contributed by atoms with Crippen LogP contribution in [0.4, 0.5) is 0 Å². The van der Waals surface area contributed by atoms with Crippen LogP contribution in [0.1, 0.15) is 50.6 Å². The van der Waals surface area contributed by atoms with Crippen LogP contribution in [0.25, 0.3) is 0 Å². The second-order valence-corrected chi connectivity index (χ2v) is 8.83. The van der Waals surface area contributed by atoms with E-state index >= 15 is 0 Å². The topological polar surface area (TPSA) is 240 Å². The SMILES string of the molecule is NCCCCC(N)C(=O)N1CCCC1C(=O)NC(CCC(N)=O)C(=O)NC(Cc1cnc[nH]1)C(=O)O. The Balaban J connectivity index is 2.07. The summed E-state index contributed by atoms with van der Waals surface area (Å²) in [6.45, 7) is 0.847. The van der Waals surface area contributed by atoms with Gasteiger partial charge in [0, 0.05) is 31.3 Å². The summed E-state index contributed by atoms with van der Waals surface area (Å²) in [6, 6.07) is -4.13. The first-order valence-electron chi connectivity index (χ1n) is 12.0. The number of hydrogen-bond acceptors (Lipinski definition) is 8. The molecule has 1 aliphatic rings. The molecule has 1 aromatic heterocycles. The third-order valence-electron chi connectivity index (χ3n) is 6.03. The van der Waals surface area contributed by atoms with E-state index in [1.165, 1.54) is 17.4 Å². The lowest BCUT2D eigenvalue weighted by Crippen LogP contribution is -2.57. The number of rotatable bonds is 15. The molecule has 4 atom stereocenters. The van der Waals surface area contributed by atoms with E-state index in [-0.39, 0.29) is 25.2 Å². The summed E-state index contributed by atoms with van der Waals surface area (Å²) < 4.78 is 0. The average Bonchev–Trinajstić information content (AvgIpc) is 3.52. The van der Waals surface area contributed by atoms with Crippen molar-refractivity contribution in [1.82, 2.24) is 25.5 Å². The number of aromatic amines is 1. The van der Waals surface area contributed by atoms with Crippen LogP contribution < -0.4 is 27.8 Å². The summed E-state index contributed by atoms with van der Waals surface area (Å²) in [5, 5.41) is 14.5. The molecule has 0 saturated carbocycles. The molecule has 1 aromatic rings. The molecular weight excluding hydrogens is 472 g/mol. The van der Waals surface area contributed by atoms with Crippen LogP contribution in [-0.4, -0.2) is 86.8 Å². The van der Waals surface area contributed by atoms with Crippen molar-refractivity contribution < 1.29 is 29.1 Å². The van der Waals surface area contributed by atoms with Crippen molar-refractivity contribution in [3.8, 4) is 0 Å². The molecule has 0 spiro atoms. The Bertz CT molecular complexity index is 908. The van der Waals surface area contributed by atoms with Gasteiger partial charge in [0.25, 0.3) is 0 Å². The van der Waals surface area contributed by atoms with Crippen molar-refractivity contribution in [3.05, 3.63) is 18.2 Å². The number of carboxylic acid groups (broad SMARTS) is 1. The van der Waals surface area contributed by atoms with Crippen molar-refractivity contribution in [3.63, 3.8) is 0 Å². The Morgan fingerprint density at radius 2 is 1.92 bits per heavy atom. The van der Waals surface area contributed by atoms with Gasteiger partial charge in [0.05, 0.1) is 12.4 Å². The zero-order valence-corrected chi connectivity index (χ0v) is 20.2. The van der Waals surface area contributed by atoms with E-state index in [9.17, 15) is 29.1 Å². The number of aromatic nitrogens is 2. The van der Waals surface area contributed by atoms with E-state index < -0.39 is 47.9 Å². The van der Waals surface area contributed by atoms with Crippen molar-refractivity contribution in [2.45, 2.75) is 75.5 Å². The van der Waals surface area contributed by atoms with Gasteiger partial charge in [-0.15, -0.1) is 0 Å². The maximum atomic E-state index is 13.1. The second kappa shape index (κ2) is 14.1. The van der Waals surface area contributed by atoms with Crippen LogP contribution >= 0.6 is 0 Å². The van der Waals surface area contributed by atoms with Gasteiger partial charge >= 0.3 is 5.97 Å². The highest BCUT2D eigenvalue weighted by Gasteiger charge is 2.38. The highest BCUT2D eigenvalue weighted by atomic mass is 16.4. The standard InChI is InChI=1S/C22H36N8O6/c23-8-2-1-4-14(24)21(34)30-9-3-5-17(30)20(33)28-15(6-7-18(25)31)19(32)29-16(22(35)36)10-13-11-26-12-27-13/h11-12,14-17H,1-10,23-24H2,(H2,25,31)(H,26,27)(H,28,33)(H,29,32)(H,35,36).